The van der Waals surface area contributed by atoms with Crippen molar-refractivity contribution < 1.29 is 9.59 Å². The Morgan fingerprint density at radius 1 is 1.09 bits per heavy atom. The summed E-state index contributed by atoms with van der Waals surface area (Å²) in [7, 11) is 2.07. The predicted octanol–water partition coefficient (Wildman–Crippen LogP) is 3.46. The molecular formula is C24H34BrN7O2. The topological polar surface area (TPSA) is 116 Å². The molecule has 2 heterocycles. The van der Waals surface area contributed by atoms with Crippen molar-refractivity contribution in [3.05, 3.63) is 40.5 Å². The van der Waals surface area contributed by atoms with Crippen molar-refractivity contribution in [3.63, 3.8) is 0 Å². The van der Waals surface area contributed by atoms with Crippen LogP contribution < -0.4 is 16.4 Å². The maximum atomic E-state index is 12.7. The molecule has 10 heteroatoms. The third kappa shape index (κ3) is 6.24. The molecule has 0 radical (unpaired) electrons. The number of anilines is 3. The third-order valence-corrected chi connectivity index (χ3v) is 6.96. The number of aromatic nitrogens is 2. The van der Waals surface area contributed by atoms with Crippen LogP contribution in [0.4, 0.5) is 17.5 Å². The summed E-state index contributed by atoms with van der Waals surface area (Å²) in [5, 5.41) is 6.57. The smallest absolute Gasteiger partial charge is 0.253 e. The highest BCUT2D eigenvalue weighted by atomic mass is 79.9. The number of nitrogens with two attached hydrogens (primary N) is 1. The maximum absolute atomic E-state index is 12.7. The fourth-order valence-electron chi connectivity index (χ4n) is 4.37. The van der Waals surface area contributed by atoms with Gasteiger partial charge in [-0.1, -0.05) is 20.3 Å². The largest absolute Gasteiger partial charge is 0.369 e. The molecule has 2 fully saturated rings. The van der Waals surface area contributed by atoms with Gasteiger partial charge in [-0.15, -0.1) is 0 Å². The minimum absolute atomic E-state index is 0. The maximum Gasteiger partial charge on any atom is 0.253 e. The fraction of sp³-hybridized carbons (Fsp3) is 0.500. The average Bonchev–Trinajstić information content (AvgIpc) is 2.82. The summed E-state index contributed by atoms with van der Waals surface area (Å²) < 4.78 is 0.718. The molecule has 4 N–H and O–H groups in total. The number of nitrogens with zero attached hydrogens (tertiary/aromatic N) is 4. The molecule has 0 spiro atoms. The molecule has 2 aliphatic rings. The van der Waals surface area contributed by atoms with Crippen LogP contribution in [0.25, 0.3) is 0 Å². The van der Waals surface area contributed by atoms with Gasteiger partial charge in [0.05, 0.1) is 10.4 Å². The molecule has 0 unspecified atom stereocenters. The molecule has 1 aliphatic carbocycles. The van der Waals surface area contributed by atoms with Crippen molar-refractivity contribution in [2.24, 2.45) is 11.7 Å². The molecule has 184 valence electrons. The highest BCUT2D eigenvalue weighted by molar-refractivity contribution is 9.10. The summed E-state index contributed by atoms with van der Waals surface area (Å²) in [6.45, 7) is 3.28. The SMILES string of the molecule is C.CN1CCN(C(=O)c2ccc(Nc3ncc(Br)c(N[C@@H]4CCCC[C@@H]4C(N)=O)n3)cc2)CC1. The van der Waals surface area contributed by atoms with Gasteiger partial charge in [0.2, 0.25) is 11.9 Å². The highest BCUT2D eigenvalue weighted by Gasteiger charge is 2.30. The van der Waals surface area contributed by atoms with Crippen LogP contribution in [-0.2, 0) is 4.79 Å². The quantitative estimate of drug-likeness (QED) is 0.522. The van der Waals surface area contributed by atoms with E-state index >= 15 is 0 Å². The lowest BCUT2D eigenvalue weighted by molar-refractivity contribution is -0.122. The first-order valence-electron chi connectivity index (χ1n) is 11.3. The van der Waals surface area contributed by atoms with Crippen LogP contribution in [0, 0.1) is 5.92 Å². The summed E-state index contributed by atoms with van der Waals surface area (Å²) in [6.07, 6.45) is 5.39. The van der Waals surface area contributed by atoms with Gasteiger partial charge >= 0.3 is 0 Å². The Morgan fingerprint density at radius 2 is 1.76 bits per heavy atom. The average molecular weight is 532 g/mol. The number of hydrogen-bond acceptors (Lipinski definition) is 7. The number of carbonyl (C=O) groups is 2. The van der Waals surface area contributed by atoms with E-state index in [-0.39, 0.29) is 31.2 Å². The van der Waals surface area contributed by atoms with Gasteiger partial charge in [-0.05, 0) is 60.1 Å². The molecule has 1 aliphatic heterocycles. The van der Waals surface area contributed by atoms with Crippen molar-refractivity contribution in [3.8, 4) is 0 Å². The molecule has 9 nitrogen and oxygen atoms in total. The Hall–Kier alpha value is -2.72. The Balaban J connectivity index is 0.00000324. The number of piperazine rings is 1. The Kier molecular flexibility index (Phi) is 8.84. The van der Waals surface area contributed by atoms with E-state index < -0.39 is 0 Å². The highest BCUT2D eigenvalue weighted by Crippen LogP contribution is 2.30. The number of carbonyl (C=O) groups excluding carboxylic acids is 2. The van der Waals surface area contributed by atoms with Gasteiger partial charge in [0.25, 0.3) is 5.91 Å². The zero-order valence-corrected chi connectivity index (χ0v) is 20.3. The number of amides is 2. The van der Waals surface area contributed by atoms with E-state index in [9.17, 15) is 9.59 Å². The summed E-state index contributed by atoms with van der Waals surface area (Å²) in [4.78, 5) is 37.6. The Bertz CT molecular complexity index is 993. The van der Waals surface area contributed by atoms with Crippen LogP contribution >= 0.6 is 15.9 Å². The van der Waals surface area contributed by atoms with Crippen LogP contribution in [0.2, 0.25) is 0 Å². The molecule has 2 aromatic rings. The van der Waals surface area contributed by atoms with E-state index in [0.717, 1.165) is 62.0 Å². The first kappa shape index (κ1) is 25.9. The van der Waals surface area contributed by atoms with E-state index in [0.29, 0.717) is 17.3 Å². The van der Waals surface area contributed by atoms with E-state index in [1.165, 1.54) is 0 Å². The molecule has 0 bridgehead atoms. The van der Waals surface area contributed by atoms with E-state index in [2.05, 4.69) is 48.5 Å². The van der Waals surface area contributed by atoms with E-state index in [1.807, 2.05) is 29.2 Å². The van der Waals surface area contributed by atoms with Gasteiger partial charge in [-0.2, -0.15) is 4.98 Å². The second-order valence-electron chi connectivity index (χ2n) is 8.73. The second kappa shape index (κ2) is 11.6. The summed E-state index contributed by atoms with van der Waals surface area (Å²) in [5.74, 6) is 0.611. The van der Waals surface area contributed by atoms with E-state index in [1.54, 1.807) is 6.20 Å². The van der Waals surface area contributed by atoms with Crippen LogP contribution in [0.5, 0.6) is 0 Å². The molecule has 1 aromatic carbocycles. The lowest BCUT2D eigenvalue weighted by Gasteiger charge is -2.32. The zero-order chi connectivity index (χ0) is 23.4. The number of rotatable bonds is 6. The molecule has 1 saturated heterocycles. The van der Waals surface area contributed by atoms with Crippen molar-refractivity contribution in [2.45, 2.75) is 39.2 Å². The minimum Gasteiger partial charge on any atom is -0.369 e. The first-order valence-corrected chi connectivity index (χ1v) is 12.1. The van der Waals surface area contributed by atoms with Crippen molar-refractivity contribution in [2.75, 3.05) is 43.9 Å². The van der Waals surface area contributed by atoms with Gasteiger partial charge in [-0.25, -0.2) is 4.98 Å². The second-order valence-corrected chi connectivity index (χ2v) is 9.59. The summed E-state index contributed by atoms with van der Waals surface area (Å²) in [5.41, 5.74) is 7.05. The lowest BCUT2D eigenvalue weighted by Crippen LogP contribution is -2.47. The van der Waals surface area contributed by atoms with Gasteiger partial charge in [-0.3, -0.25) is 9.59 Å². The molecule has 34 heavy (non-hydrogen) atoms. The fourth-order valence-corrected chi connectivity index (χ4v) is 4.67. The van der Waals surface area contributed by atoms with Crippen LogP contribution in [0.1, 0.15) is 43.5 Å². The molecule has 2 atom stereocenters. The van der Waals surface area contributed by atoms with Crippen LogP contribution in [-0.4, -0.2) is 70.9 Å². The summed E-state index contributed by atoms with van der Waals surface area (Å²) >= 11 is 3.49. The number of hydrogen-bond donors (Lipinski definition) is 3. The van der Waals surface area contributed by atoms with Crippen molar-refractivity contribution in [1.29, 1.82) is 0 Å². The van der Waals surface area contributed by atoms with Crippen LogP contribution in [0.3, 0.4) is 0 Å². The first-order chi connectivity index (χ1) is 15.9. The number of halogens is 1. The van der Waals surface area contributed by atoms with Crippen molar-refractivity contribution in [1.82, 2.24) is 19.8 Å². The lowest BCUT2D eigenvalue weighted by atomic mass is 9.84. The Labute approximate surface area is 209 Å². The summed E-state index contributed by atoms with van der Waals surface area (Å²) in [6, 6.07) is 7.30. The van der Waals surface area contributed by atoms with Crippen LogP contribution in [0.15, 0.2) is 34.9 Å². The standard InChI is InChI=1S/C23H30BrN7O2.CH4/c1-30-10-12-31(13-11-30)22(33)15-6-8-16(9-7-15)27-23-26-14-18(24)21(29-23)28-19-5-3-2-4-17(19)20(25)32;/h6-9,14,17,19H,2-5,10-13H2,1H3,(H2,25,32)(H2,26,27,28,29);1H4/t17-,19+;/m0./s1. The normalized spacial score (nSPS) is 20.8. The number of benzene rings is 1. The van der Waals surface area contributed by atoms with Crippen molar-refractivity contribution >= 4 is 45.2 Å². The number of nitrogens with one attached hydrogen (secondary N) is 2. The van der Waals surface area contributed by atoms with Gasteiger partial charge < -0.3 is 26.2 Å². The zero-order valence-electron chi connectivity index (χ0n) is 18.8. The number of primary amides is 1. The van der Waals surface area contributed by atoms with Gasteiger partial charge in [0.15, 0.2) is 0 Å². The molecule has 2 amide bonds. The molecule has 1 saturated carbocycles. The van der Waals surface area contributed by atoms with Gasteiger partial charge in [0, 0.05) is 49.7 Å². The predicted molar refractivity (Wildman–Crippen MR) is 138 cm³/mol. The minimum atomic E-state index is -0.276. The number of likely N-dealkylation sites (N-methyl/N-ethyl adjacent to an activating group) is 1. The molecule has 1 aromatic heterocycles. The monoisotopic (exact) mass is 531 g/mol. The van der Waals surface area contributed by atoms with Gasteiger partial charge in [0.1, 0.15) is 5.82 Å². The molecule has 4 rings (SSSR count). The third-order valence-electron chi connectivity index (χ3n) is 6.38. The van der Waals surface area contributed by atoms with E-state index in [4.69, 9.17) is 5.73 Å². The Morgan fingerprint density at radius 3 is 2.44 bits per heavy atom. The molecular weight excluding hydrogens is 498 g/mol.